The lowest BCUT2D eigenvalue weighted by molar-refractivity contribution is 0.669. The molecule has 3 heteroatoms. The maximum absolute atomic E-state index is 6.37. The van der Waals surface area contributed by atoms with Crippen LogP contribution in [-0.2, 0) is 5.41 Å². The van der Waals surface area contributed by atoms with Gasteiger partial charge >= 0.3 is 0 Å². The van der Waals surface area contributed by atoms with E-state index in [-0.39, 0.29) is 0 Å². The number of nitrogens with zero attached hydrogens (tertiary/aromatic N) is 2. The summed E-state index contributed by atoms with van der Waals surface area (Å²) in [7, 11) is 0. The molecule has 12 aromatic carbocycles. The highest BCUT2D eigenvalue weighted by Crippen LogP contribution is 2.64. The Labute approximate surface area is 433 Å². The number of benzene rings is 12. The number of fused-ring (bicyclic) bond motifs is 15. The van der Waals surface area contributed by atoms with E-state index in [0.29, 0.717) is 0 Å². The van der Waals surface area contributed by atoms with Gasteiger partial charge in [0.1, 0.15) is 11.2 Å². The maximum atomic E-state index is 6.37. The van der Waals surface area contributed by atoms with Crippen LogP contribution in [0.15, 0.2) is 271 Å². The second kappa shape index (κ2) is 16.1. The van der Waals surface area contributed by atoms with Crippen molar-refractivity contribution in [3.8, 4) is 55.8 Å². The zero-order valence-corrected chi connectivity index (χ0v) is 40.7. The van der Waals surface area contributed by atoms with Gasteiger partial charge in [0, 0.05) is 33.8 Å². The molecule has 0 amide bonds. The van der Waals surface area contributed by atoms with Crippen LogP contribution in [0, 0.1) is 0 Å². The molecule has 2 aliphatic rings. The van der Waals surface area contributed by atoms with E-state index in [1.54, 1.807) is 0 Å². The zero-order chi connectivity index (χ0) is 49.2. The van der Waals surface area contributed by atoms with Crippen LogP contribution in [0.1, 0.15) is 22.3 Å². The fraction of sp³-hybridized carbons (Fsp3) is 0.0139. The Morgan fingerprint density at radius 1 is 0.320 bits per heavy atom. The van der Waals surface area contributed by atoms with Crippen LogP contribution in [0.25, 0.3) is 110 Å². The lowest BCUT2D eigenvalue weighted by Crippen LogP contribution is -2.36. The van der Waals surface area contributed by atoms with E-state index < -0.39 is 5.41 Å². The van der Waals surface area contributed by atoms with E-state index in [9.17, 15) is 0 Å². The van der Waals surface area contributed by atoms with E-state index in [4.69, 9.17) is 9.40 Å². The van der Waals surface area contributed by atoms with Crippen molar-refractivity contribution < 1.29 is 4.42 Å². The number of pyridine rings is 1. The Morgan fingerprint density at radius 3 is 1.63 bits per heavy atom. The van der Waals surface area contributed by atoms with Gasteiger partial charge in [-0.1, -0.05) is 188 Å². The standard InChI is InChI=1S/C72H44N2O/c1-3-17-45(18-4-1)48-31-35-56-60(40-48)70(54-24-9-10-25-55(54)71(56)51-33-37-65(73-44-51)49-34-38-68-58(41-49)59-39-46-19-7-8-20-47(46)43-69(59)75-68)50-32-36-62-57(42-50)53-23-11-12-26-61(53)72(62)63-27-13-15-29-66(63)74(52-21-5-2-6-22-52)67-30-16-14-28-64(67)72/h1-44H. The summed E-state index contributed by atoms with van der Waals surface area (Å²) in [4.78, 5) is 7.67. The smallest absolute Gasteiger partial charge is 0.136 e. The number of hydrogen-bond donors (Lipinski definition) is 0. The number of rotatable bonds is 5. The van der Waals surface area contributed by atoms with Gasteiger partial charge in [0.25, 0.3) is 0 Å². The van der Waals surface area contributed by atoms with E-state index in [2.05, 4.69) is 272 Å². The second-order valence-corrected chi connectivity index (χ2v) is 20.1. The van der Waals surface area contributed by atoms with E-state index in [1.165, 1.54) is 105 Å². The number of para-hydroxylation sites is 3. The molecule has 75 heavy (non-hydrogen) atoms. The molecule has 348 valence electrons. The first-order chi connectivity index (χ1) is 37.2. The molecule has 0 saturated heterocycles. The number of anilines is 3. The number of aromatic nitrogens is 1. The molecule has 1 aliphatic heterocycles. The summed E-state index contributed by atoms with van der Waals surface area (Å²) in [6.45, 7) is 0. The van der Waals surface area contributed by atoms with Crippen LogP contribution < -0.4 is 4.90 Å². The Kier molecular flexibility index (Phi) is 8.96. The summed E-state index contributed by atoms with van der Waals surface area (Å²) < 4.78 is 6.37. The van der Waals surface area contributed by atoms with Gasteiger partial charge in [0.05, 0.1) is 22.5 Å². The third-order valence-corrected chi connectivity index (χ3v) is 16.3. The third-order valence-electron chi connectivity index (χ3n) is 16.3. The lowest BCUT2D eigenvalue weighted by atomic mass is 9.64. The van der Waals surface area contributed by atoms with Gasteiger partial charge in [-0.15, -0.1) is 0 Å². The highest BCUT2D eigenvalue weighted by molar-refractivity contribution is 6.22. The molecule has 3 heterocycles. The van der Waals surface area contributed by atoms with Crippen molar-refractivity contribution in [2.24, 2.45) is 0 Å². The monoisotopic (exact) mass is 952 g/mol. The maximum Gasteiger partial charge on any atom is 0.136 e. The van der Waals surface area contributed by atoms with Crippen molar-refractivity contribution in [1.29, 1.82) is 0 Å². The van der Waals surface area contributed by atoms with Crippen molar-refractivity contribution in [2.45, 2.75) is 5.41 Å². The molecule has 0 fully saturated rings. The van der Waals surface area contributed by atoms with Gasteiger partial charge in [0.2, 0.25) is 0 Å². The minimum atomic E-state index is -0.538. The molecule has 0 N–H and O–H groups in total. The van der Waals surface area contributed by atoms with Crippen LogP contribution in [-0.4, -0.2) is 4.98 Å². The van der Waals surface area contributed by atoms with Gasteiger partial charge in [-0.2, -0.15) is 0 Å². The summed E-state index contributed by atoms with van der Waals surface area (Å²) in [6.07, 6.45) is 2.07. The van der Waals surface area contributed by atoms with Crippen LogP contribution in [0.2, 0.25) is 0 Å². The normalized spacial score (nSPS) is 13.1. The summed E-state index contributed by atoms with van der Waals surface area (Å²) in [5.74, 6) is 0. The van der Waals surface area contributed by atoms with Gasteiger partial charge in [-0.25, -0.2) is 0 Å². The largest absolute Gasteiger partial charge is 0.456 e. The molecule has 0 radical (unpaired) electrons. The van der Waals surface area contributed by atoms with Crippen LogP contribution >= 0.6 is 0 Å². The molecule has 0 unspecified atom stereocenters. The summed E-state index contributed by atoms with van der Waals surface area (Å²) >= 11 is 0. The van der Waals surface area contributed by atoms with Gasteiger partial charge in [-0.3, -0.25) is 4.98 Å². The molecule has 1 aliphatic carbocycles. The minimum absolute atomic E-state index is 0.538. The Balaban J connectivity index is 0.891. The third kappa shape index (κ3) is 6.07. The van der Waals surface area contributed by atoms with Crippen molar-refractivity contribution >= 4 is 71.3 Å². The molecule has 3 nitrogen and oxygen atoms in total. The van der Waals surface area contributed by atoms with Crippen LogP contribution in [0.4, 0.5) is 17.1 Å². The van der Waals surface area contributed by atoms with Crippen molar-refractivity contribution in [3.63, 3.8) is 0 Å². The topological polar surface area (TPSA) is 29.3 Å². The quantitative estimate of drug-likeness (QED) is 0.161. The first kappa shape index (κ1) is 41.8. The molecule has 14 aromatic rings. The summed E-state index contributed by atoms with van der Waals surface area (Å²) in [6, 6.07) is 95.8. The Bertz CT molecular complexity index is 4600. The average Bonchev–Trinajstić information content (AvgIpc) is 4.17. The van der Waals surface area contributed by atoms with Crippen LogP contribution in [0.5, 0.6) is 0 Å². The molecule has 1 spiro atoms. The average molecular weight is 953 g/mol. The van der Waals surface area contributed by atoms with E-state index in [1.807, 2.05) is 0 Å². The second-order valence-electron chi connectivity index (χ2n) is 20.1. The molecular weight excluding hydrogens is 909 g/mol. The molecule has 2 aromatic heterocycles. The number of furan rings is 1. The van der Waals surface area contributed by atoms with Crippen molar-refractivity contribution in [3.05, 3.63) is 289 Å². The molecule has 0 saturated carbocycles. The van der Waals surface area contributed by atoms with Crippen molar-refractivity contribution in [1.82, 2.24) is 4.98 Å². The fourth-order valence-electron chi connectivity index (χ4n) is 13.1. The predicted octanol–water partition coefficient (Wildman–Crippen LogP) is 19.3. The molecular formula is C72H44N2O. The Morgan fingerprint density at radius 2 is 0.880 bits per heavy atom. The van der Waals surface area contributed by atoms with Crippen molar-refractivity contribution in [2.75, 3.05) is 4.90 Å². The summed E-state index contributed by atoms with van der Waals surface area (Å²) in [5.41, 5.74) is 21.5. The van der Waals surface area contributed by atoms with E-state index >= 15 is 0 Å². The lowest BCUT2D eigenvalue weighted by Gasteiger charge is -2.45. The predicted molar refractivity (Wildman–Crippen MR) is 311 cm³/mol. The zero-order valence-electron chi connectivity index (χ0n) is 40.7. The number of hydrogen-bond acceptors (Lipinski definition) is 3. The van der Waals surface area contributed by atoms with Gasteiger partial charge in [0.15, 0.2) is 0 Å². The molecule has 16 rings (SSSR count). The first-order valence-corrected chi connectivity index (χ1v) is 25.8. The SMILES string of the molecule is c1ccc(-c2ccc3c(-c4ccc(-c5ccc6oc7cc8ccccc8cc7c6c5)nc4)c4ccccc4c(-c4ccc5c(c4)-c4ccccc4C54c5ccccc5N(c5ccccc5)c5ccccc54)c3c2)cc1. The highest BCUT2D eigenvalue weighted by atomic mass is 16.3. The van der Waals surface area contributed by atoms with Gasteiger partial charge < -0.3 is 9.32 Å². The fourth-order valence-corrected chi connectivity index (χ4v) is 13.1. The summed E-state index contributed by atoms with van der Waals surface area (Å²) in [5, 5.41) is 9.35. The van der Waals surface area contributed by atoms with Crippen LogP contribution in [0.3, 0.4) is 0 Å². The highest BCUT2D eigenvalue weighted by Gasteiger charge is 2.51. The molecule has 0 atom stereocenters. The van der Waals surface area contributed by atoms with Gasteiger partial charge in [-0.05, 0) is 166 Å². The Hall–Kier alpha value is -9.83. The van der Waals surface area contributed by atoms with E-state index in [0.717, 1.165) is 44.4 Å². The molecule has 0 bridgehead atoms. The minimum Gasteiger partial charge on any atom is -0.456 e. The first-order valence-electron chi connectivity index (χ1n) is 25.8.